The van der Waals surface area contributed by atoms with Gasteiger partial charge in [0.05, 0.1) is 12.1 Å². The number of aromatic carboxylic acids is 1. The van der Waals surface area contributed by atoms with Crippen LogP contribution in [0.2, 0.25) is 0 Å². The van der Waals surface area contributed by atoms with E-state index < -0.39 is 5.97 Å². The Kier molecular flexibility index (Phi) is 5.46. The number of nitrogens with zero attached hydrogens (tertiary/aromatic N) is 1. The molecule has 0 bridgehead atoms. The SMILES string of the molecule is Cc1c(CNCc2ccc3c(c2)OCO3)c(C(=O)O)c(C)n1Cc1ccccc1F. The van der Waals surface area contributed by atoms with Gasteiger partial charge in [0.2, 0.25) is 6.79 Å². The van der Waals surface area contributed by atoms with Gasteiger partial charge in [0, 0.05) is 35.6 Å². The lowest BCUT2D eigenvalue weighted by molar-refractivity contribution is 0.0694. The van der Waals surface area contributed by atoms with Crippen LogP contribution in [0.1, 0.15) is 38.4 Å². The molecule has 0 unspecified atom stereocenters. The fourth-order valence-electron chi connectivity index (χ4n) is 3.87. The van der Waals surface area contributed by atoms with E-state index >= 15 is 0 Å². The van der Waals surface area contributed by atoms with Crippen molar-refractivity contribution in [2.75, 3.05) is 6.79 Å². The largest absolute Gasteiger partial charge is 0.478 e. The van der Waals surface area contributed by atoms with Crippen LogP contribution < -0.4 is 14.8 Å². The Morgan fingerprint density at radius 1 is 1.10 bits per heavy atom. The number of aromatic nitrogens is 1. The van der Waals surface area contributed by atoms with Crippen molar-refractivity contribution in [3.8, 4) is 11.5 Å². The standard InChI is InChI=1S/C23H23FN2O4/c1-14-18(11-25-10-16-7-8-20-21(9-16)30-13-29-20)22(23(27)28)15(2)26(14)12-17-5-3-4-6-19(17)24/h3-9,25H,10-13H2,1-2H3,(H,27,28). The summed E-state index contributed by atoms with van der Waals surface area (Å²) in [6, 6.07) is 12.3. The molecular formula is C23H23FN2O4. The van der Waals surface area contributed by atoms with E-state index in [1.807, 2.05) is 29.7 Å². The zero-order valence-corrected chi connectivity index (χ0v) is 16.9. The van der Waals surface area contributed by atoms with Crippen molar-refractivity contribution in [1.82, 2.24) is 9.88 Å². The van der Waals surface area contributed by atoms with E-state index in [1.54, 1.807) is 25.1 Å². The van der Waals surface area contributed by atoms with Crippen LogP contribution in [0.25, 0.3) is 0 Å². The Hall–Kier alpha value is -3.32. The molecule has 0 saturated heterocycles. The Morgan fingerprint density at radius 3 is 2.63 bits per heavy atom. The Morgan fingerprint density at radius 2 is 1.87 bits per heavy atom. The van der Waals surface area contributed by atoms with E-state index in [9.17, 15) is 14.3 Å². The topological polar surface area (TPSA) is 72.7 Å². The van der Waals surface area contributed by atoms with E-state index in [1.165, 1.54) is 6.07 Å². The highest BCUT2D eigenvalue weighted by molar-refractivity contribution is 5.91. The smallest absolute Gasteiger partial charge is 0.337 e. The van der Waals surface area contributed by atoms with Crippen LogP contribution in [-0.4, -0.2) is 22.4 Å². The molecule has 0 spiro atoms. The number of rotatable bonds is 7. The van der Waals surface area contributed by atoms with Gasteiger partial charge in [0.25, 0.3) is 0 Å². The summed E-state index contributed by atoms with van der Waals surface area (Å²) in [6.07, 6.45) is 0. The average molecular weight is 410 g/mol. The van der Waals surface area contributed by atoms with E-state index in [0.29, 0.717) is 35.7 Å². The molecule has 2 N–H and O–H groups in total. The van der Waals surface area contributed by atoms with Crippen LogP contribution >= 0.6 is 0 Å². The van der Waals surface area contributed by atoms with Crippen LogP contribution in [0.3, 0.4) is 0 Å². The van der Waals surface area contributed by atoms with Crippen molar-refractivity contribution < 1.29 is 23.8 Å². The number of hydrogen-bond acceptors (Lipinski definition) is 4. The third-order valence-corrected chi connectivity index (χ3v) is 5.48. The van der Waals surface area contributed by atoms with E-state index in [0.717, 1.165) is 17.0 Å². The minimum absolute atomic E-state index is 0.224. The molecule has 0 amide bonds. The van der Waals surface area contributed by atoms with Crippen molar-refractivity contribution in [2.24, 2.45) is 0 Å². The molecule has 3 aromatic rings. The summed E-state index contributed by atoms with van der Waals surface area (Å²) in [7, 11) is 0. The second-order valence-electron chi connectivity index (χ2n) is 7.30. The van der Waals surface area contributed by atoms with Gasteiger partial charge >= 0.3 is 5.97 Å². The minimum Gasteiger partial charge on any atom is -0.478 e. The molecule has 30 heavy (non-hydrogen) atoms. The van der Waals surface area contributed by atoms with Gasteiger partial charge in [0.15, 0.2) is 11.5 Å². The van der Waals surface area contributed by atoms with Crippen LogP contribution in [0, 0.1) is 19.7 Å². The lowest BCUT2D eigenvalue weighted by Gasteiger charge is -2.11. The van der Waals surface area contributed by atoms with Gasteiger partial charge in [-0.2, -0.15) is 0 Å². The molecule has 6 nitrogen and oxygen atoms in total. The Balaban J connectivity index is 1.55. The summed E-state index contributed by atoms with van der Waals surface area (Å²) in [4.78, 5) is 11.9. The Labute approximate surface area is 173 Å². The molecule has 2 aromatic carbocycles. The lowest BCUT2D eigenvalue weighted by atomic mass is 10.1. The third-order valence-electron chi connectivity index (χ3n) is 5.48. The summed E-state index contributed by atoms with van der Waals surface area (Å²) >= 11 is 0. The van der Waals surface area contributed by atoms with E-state index in [4.69, 9.17) is 9.47 Å². The predicted molar refractivity (Wildman–Crippen MR) is 109 cm³/mol. The highest BCUT2D eigenvalue weighted by Gasteiger charge is 2.23. The fourth-order valence-corrected chi connectivity index (χ4v) is 3.87. The monoisotopic (exact) mass is 410 g/mol. The van der Waals surface area contributed by atoms with Crippen molar-refractivity contribution in [3.63, 3.8) is 0 Å². The van der Waals surface area contributed by atoms with Crippen LogP contribution in [-0.2, 0) is 19.6 Å². The Bertz CT molecular complexity index is 1110. The summed E-state index contributed by atoms with van der Waals surface area (Å²) in [6.45, 7) is 5.07. The number of halogens is 1. The summed E-state index contributed by atoms with van der Waals surface area (Å²) in [5.41, 5.74) is 3.93. The highest BCUT2D eigenvalue weighted by Crippen LogP contribution is 2.32. The lowest BCUT2D eigenvalue weighted by Crippen LogP contribution is -2.15. The van der Waals surface area contributed by atoms with Crippen LogP contribution in [0.5, 0.6) is 11.5 Å². The van der Waals surface area contributed by atoms with Crippen molar-refractivity contribution in [2.45, 2.75) is 33.5 Å². The van der Waals surface area contributed by atoms with Crippen molar-refractivity contribution in [3.05, 3.63) is 81.9 Å². The maximum atomic E-state index is 14.1. The molecule has 0 aliphatic carbocycles. The summed E-state index contributed by atoms with van der Waals surface area (Å²) in [5.74, 6) is 0.152. The molecule has 0 fully saturated rings. The van der Waals surface area contributed by atoms with Gasteiger partial charge in [-0.3, -0.25) is 0 Å². The second kappa shape index (κ2) is 8.20. The minimum atomic E-state index is -0.984. The number of ether oxygens (including phenoxy) is 2. The number of hydrogen-bond donors (Lipinski definition) is 2. The number of fused-ring (bicyclic) bond motifs is 1. The van der Waals surface area contributed by atoms with Gasteiger partial charge in [0.1, 0.15) is 5.82 Å². The average Bonchev–Trinajstić information content (AvgIpc) is 3.27. The fraction of sp³-hybridized carbons (Fsp3) is 0.261. The van der Waals surface area contributed by atoms with Gasteiger partial charge < -0.3 is 24.5 Å². The maximum absolute atomic E-state index is 14.1. The predicted octanol–water partition coefficient (Wildman–Crippen LogP) is 4.01. The van der Waals surface area contributed by atoms with Crippen molar-refractivity contribution >= 4 is 5.97 Å². The highest BCUT2D eigenvalue weighted by atomic mass is 19.1. The molecule has 1 aliphatic rings. The molecule has 4 rings (SSSR count). The van der Waals surface area contributed by atoms with E-state index in [-0.39, 0.29) is 24.7 Å². The first-order valence-electron chi connectivity index (χ1n) is 9.70. The third kappa shape index (κ3) is 3.76. The molecule has 156 valence electrons. The molecule has 2 heterocycles. The first kappa shape index (κ1) is 20.0. The molecule has 0 radical (unpaired) electrons. The van der Waals surface area contributed by atoms with Gasteiger partial charge in [-0.1, -0.05) is 24.3 Å². The zero-order valence-electron chi connectivity index (χ0n) is 16.9. The number of carbonyl (C=O) groups is 1. The summed E-state index contributed by atoms with van der Waals surface area (Å²) in [5, 5.41) is 13.1. The van der Waals surface area contributed by atoms with Gasteiger partial charge in [-0.15, -0.1) is 0 Å². The van der Waals surface area contributed by atoms with E-state index in [2.05, 4.69) is 5.32 Å². The molecule has 1 aromatic heterocycles. The normalized spacial score (nSPS) is 12.4. The zero-order chi connectivity index (χ0) is 21.3. The first-order chi connectivity index (χ1) is 14.5. The summed E-state index contributed by atoms with van der Waals surface area (Å²) < 4.78 is 26.7. The second-order valence-corrected chi connectivity index (χ2v) is 7.30. The van der Waals surface area contributed by atoms with Crippen LogP contribution in [0.15, 0.2) is 42.5 Å². The molecule has 7 heteroatoms. The molecule has 1 aliphatic heterocycles. The quantitative estimate of drug-likeness (QED) is 0.616. The van der Waals surface area contributed by atoms with Crippen molar-refractivity contribution in [1.29, 1.82) is 0 Å². The molecule has 0 atom stereocenters. The molecular weight excluding hydrogens is 387 g/mol. The maximum Gasteiger partial charge on any atom is 0.337 e. The molecule has 0 saturated carbocycles. The number of carboxylic acids is 1. The van der Waals surface area contributed by atoms with Gasteiger partial charge in [-0.05, 0) is 37.6 Å². The van der Waals surface area contributed by atoms with Gasteiger partial charge in [-0.25, -0.2) is 9.18 Å². The first-order valence-corrected chi connectivity index (χ1v) is 9.70. The number of carboxylic acid groups (broad SMARTS) is 1. The number of benzene rings is 2. The van der Waals surface area contributed by atoms with Crippen LogP contribution in [0.4, 0.5) is 4.39 Å². The number of nitrogens with one attached hydrogen (secondary N) is 1.